The van der Waals surface area contributed by atoms with E-state index in [1.165, 1.54) is 0 Å². The molecule has 0 unspecified atom stereocenters. The van der Waals surface area contributed by atoms with E-state index in [-0.39, 0.29) is 5.91 Å². The number of hydrogen-bond acceptors (Lipinski definition) is 3. The monoisotopic (exact) mass is 218 g/mol. The van der Waals surface area contributed by atoms with Gasteiger partial charge in [-0.15, -0.1) is 0 Å². The van der Waals surface area contributed by atoms with Crippen LogP contribution in [0.4, 0.5) is 0 Å². The molecule has 0 saturated carbocycles. The molecule has 2 rings (SSSR count). The molecular formula is C11H14N4O. The van der Waals surface area contributed by atoms with Crippen LogP contribution in [0.25, 0.3) is 11.0 Å². The van der Waals surface area contributed by atoms with Crippen molar-refractivity contribution >= 4 is 16.9 Å². The zero-order valence-corrected chi connectivity index (χ0v) is 9.32. The van der Waals surface area contributed by atoms with Crippen LogP contribution < -0.4 is 11.3 Å². The Bertz CT molecular complexity index is 544. The number of carbonyl (C=O) groups is 1. The Hall–Kier alpha value is -1.88. The fourth-order valence-electron chi connectivity index (χ4n) is 1.87. The van der Waals surface area contributed by atoms with Crippen LogP contribution in [0.3, 0.4) is 0 Å². The van der Waals surface area contributed by atoms with Gasteiger partial charge in [-0.2, -0.15) is 0 Å². The third-order valence-corrected chi connectivity index (χ3v) is 2.65. The first kappa shape index (κ1) is 10.6. The van der Waals surface area contributed by atoms with Crippen molar-refractivity contribution in [1.29, 1.82) is 0 Å². The van der Waals surface area contributed by atoms with E-state index >= 15 is 0 Å². The quantitative estimate of drug-likeness (QED) is 0.448. The minimum Gasteiger partial charge on any atom is -0.329 e. The van der Waals surface area contributed by atoms with Gasteiger partial charge < -0.3 is 4.57 Å². The number of carbonyl (C=O) groups excluding carboxylic acids is 1. The predicted octanol–water partition coefficient (Wildman–Crippen LogP) is 0.968. The topological polar surface area (TPSA) is 72.9 Å². The van der Waals surface area contributed by atoms with Crippen molar-refractivity contribution in [2.45, 2.75) is 20.4 Å². The standard InChI is InChI=1S/C11H14N4O/c1-3-15-7(2)13-9-6-8(11(16)14-12)4-5-10(9)15/h4-6H,3,12H2,1-2H3,(H,14,16). The minimum atomic E-state index is -0.300. The second-order valence-electron chi connectivity index (χ2n) is 3.58. The molecule has 1 aromatic carbocycles. The van der Waals surface area contributed by atoms with E-state index in [0.29, 0.717) is 5.56 Å². The van der Waals surface area contributed by atoms with Crippen LogP contribution in [0.1, 0.15) is 23.1 Å². The van der Waals surface area contributed by atoms with Gasteiger partial charge in [0.1, 0.15) is 5.82 Å². The zero-order valence-electron chi connectivity index (χ0n) is 9.32. The maximum Gasteiger partial charge on any atom is 0.265 e. The van der Waals surface area contributed by atoms with Crippen LogP contribution in [0.15, 0.2) is 18.2 Å². The number of nitrogen functional groups attached to an aromatic ring is 1. The SMILES string of the molecule is CCn1c(C)nc2cc(C(=O)NN)ccc21. The lowest BCUT2D eigenvalue weighted by molar-refractivity contribution is 0.0954. The molecule has 5 nitrogen and oxygen atoms in total. The van der Waals surface area contributed by atoms with Gasteiger partial charge in [0, 0.05) is 12.1 Å². The molecule has 84 valence electrons. The lowest BCUT2D eigenvalue weighted by Gasteiger charge is -2.02. The number of aryl methyl sites for hydroxylation is 2. The third kappa shape index (κ3) is 1.55. The van der Waals surface area contributed by atoms with E-state index in [4.69, 9.17) is 5.84 Å². The summed E-state index contributed by atoms with van der Waals surface area (Å²) in [6.07, 6.45) is 0. The molecule has 16 heavy (non-hydrogen) atoms. The highest BCUT2D eigenvalue weighted by molar-refractivity contribution is 5.97. The number of benzene rings is 1. The molecule has 0 fully saturated rings. The van der Waals surface area contributed by atoms with Crippen molar-refractivity contribution in [2.75, 3.05) is 0 Å². The summed E-state index contributed by atoms with van der Waals surface area (Å²) in [5.41, 5.74) is 4.49. The van der Waals surface area contributed by atoms with Crippen LogP contribution in [-0.2, 0) is 6.54 Å². The molecule has 1 amide bonds. The molecular weight excluding hydrogens is 204 g/mol. The highest BCUT2D eigenvalue weighted by atomic mass is 16.2. The van der Waals surface area contributed by atoms with Gasteiger partial charge >= 0.3 is 0 Å². The largest absolute Gasteiger partial charge is 0.329 e. The van der Waals surface area contributed by atoms with Crippen molar-refractivity contribution in [3.63, 3.8) is 0 Å². The summed E-state index contributed by atoms with van der Waals surface area (Å²) < 4.78 is 2.10. The van der Waals surface area contributed by atoms with Crippen molar-refractivity contribution < 1.29 is 4.79 Å². The van der Waals surface area contributed by atoms with Gasteiger partial charge in [0.2, 0.25) is 0 Å². The number of aromatic nitrogens is 2. The summed E-state index contributed by atoms with van der Waals surface area (Å²) in [7, 11) is 0. The second-order valence-corrected chi connectivity index (χ2v) is 3.58. The molecule has 0 radical (unpaired) electrons. The molecule has 0 spiro atoms. The number of nitrogens with one attached hydrogen (secondary N) is 1. The summed E-state index contributed by atoms with van der Waals surface area (Å²) in [6.45, 7) is 4.88. The molecule has 0 aliphatic rings. The first-order chi connectivity index (χ1) is 7.67. The molecule has 1 aromatic heterocycles. The van der Waals surface area contributed by atoms with Crippen molar-refractivity contribution in [3.8, 4) is 0 Å². The summed E-state index contributed by atoms with van der Waals surface area (Å²) in [6, 6.07) is 5.39. The third-order valence-electron chi connectivity index (χ3n) is 2.65. The first-order valence-corrected chi connectivity index (χ1v) is 5.15. The first-order valence-electron chi connectivity index (χ1n) is 5.15. The molecule has 0 bridgehead atoms. The van der Waals surface area contributed by atoms with Crippen LogP contribution in [0.5, 0.6) is 0 Å². The number of imidazole rings is 1. The minimum absolute atomic E-state index is 0.300. The molecule has 1 heterocycles. The van der Waals surface area contributed by atoms with Crippen molar-refractivity contribution in [2.24, 2.45) is 5.84 Å². The molecule has 0 aliphatic carbocycles. The van der Waals surface area contributed by atoms with E-state index in [1.54, 1.807) is 12.1 Å². The van der Waals surface area contributed by atoms with Crippen LogP contribution in [0.2, 0.25) is 0 Å². The molecule has 0 saturated heterocycles. The summed E-state index contributed by atoms with van der Waals surface area (Å²) >= 11 is 0. The van der Waals surface area contributed by atoms with E-state index in [0.717, 1.165) is 23.4 Å². The molecule has 0 aliphatic heterocycles. The molecule has 0 atom stereocenters. The highest BCUT2D eigenvalue weighted by Gasteiger charge is 2.09. The van der Waals surface area contributed by atoms with Gasteiger partial charge in [0.15, 0.2) is 0 Å². The zero-order chi connectivity index (χ0) is 11.7. The molecule has 2 aromatic rings. The fraction of sp³-hybridized carbons (Fsp3) is 0.273. The number of hydrogen-bond donors (Lipinski definition) is 2. The number of nitrogens with two attached hydrogens (primary N) is 1. The van der Waals surface area contributed by atoms with Gasteiger partial charge in [0.25, 0.3) is 5.91 Å². The van der Waals surface area contributed by atoms with Gasteiger partial charge in [-0.05, 0) is 32.0 Å². The fourth-order valence-corrected chi connectivity index (χ4v) is 1.87. The number of fused-ring (bicyclic) bond motifs is 1. The predicted molar refractivity (Wildman–Crippen MR) is 61.8 cm³/mol. The van der Waals surface area contributed by atoms with Gasteiger partial charge in [-0.1, -0.05) is 0 Å². The van der Waals surface area contributed by atoms with E-state index < -0.39 is 0 Å². The summed E-state index contributed by atoms with van der Waals surface area (Å²) in [5.74, 6) is 5.73. The Morgan fingerprint density at radius 1 is 1.56 bits per heavy atom. The normalized spacial score (nSPS) is 10.7. The number of amides is 1. The van der Waals surface area contributed by atoms with Gasteiger partial charge in [-0.3, -0.25) is 10.2 Å². The average Bonchev–Trinajstić information content (AvgIpc) is 2.62. The average molecular weight is 218 g/mol. The Balaban J connectivity index is 2.60. The van der Waals surface area contributed by atoms with Crippen LogP contribution >= 0.6 is 0 Å². The lowest BCUT2D eigenvalue weighted by Crippen LogP contribution is -2.29. The van der Waals surface area contributed by atoms with Gasteiger partial charge in [-0.25, -0.2) is 10.8 Å². The Morgan fingerprint density at radius 3 is 2.94 bits per heavy atom. The van der Waals surface area contributed by atoms with E-state index in [9.17, 15) is 4.79 Å². The number of nitrogens with zero attached hydrogens (tertiary/aromatic N) is 2. The van der Waals surface area contributed by atoms with Crippen LogP contribution in [0, 0.1) is 6.92 Å². The summed E-state index contributed by atoms with van der Waals surface area (Å²) in [4.78, 5) is 15.8. The van der Waals surface area contributed by atoms with Crippen molar-refractivity contribution in [3.05, 3.63) is 29.6 Å². The van der Waals surface area contributed by atoms with E-state index in [2.05, 4.69) is 21.9 Å². The lowest BCUT2D eigenvalue weighted by atomic mass is 10.2. The van der Waals surface area contributed by atoms with E-state index in [1.807, 2.05) is 13.0 Å². The molecule has 5 heteroatoms. The Morgan fingerprint density at radius 2 is 2.31 bits per heavy atom. The van der Waals surface area contributed by atoms with Crippen LogP contribution in [-0.4, -0.2) is 15.5 Å². The summed E-state index contributed by atoms with van der Waals surface area (Å²) in [5, 5.41) is 0. The number of rotatable bonds is 2. The second kappa shape index (κ2) is 3.94. The smallest absolute Gasteiger partial charge is 0.265 e. The Labute approximate surface area is 93.2 Å². The Kier molecular flexibility index (Phi) is 2.62. The maximum atomic E-state index is 11.3. The molecule has 3 N–H and O–H groups in total. The van der Waals surface area contributed by atoms with Gasteiger partial charge in [0.05, 0.1) is 11.0 Å². The highest BCUT2D eigenvalue weighted by Crippen LogP contribution is 2.17. The number of hydrazine groups is 1. The maximum absolute atomic E-state index is 11.3. The van der Waals surface area contributed by atoms with Crippen molar-refractivity contribution in [1.82, 2.24) is 15.0 Å².